The van der Waals surface area contributed by atoms with Gasteiger partial charge in [0.1, 0.15) is 6.54 Å². The maximum absolute atomic E-state index is 13.2. The number of hydrogen-bond acceptors (Lipinski definition) is 3. The first kappa shape index (κ1) is 17.2. The van der Waals surface area contributed by atoms with Crippen molar-refractivity contribution < 1.29 is 27.9 Å². The lowest BCUT2D eigenvalue weighted by atomic mass is 10.0. The van der Waals surface area contributed by atoms with Crippen molar-refractivity contribution in [1.82, 2.24) is 14.9 Å². The molecule has 1 fully saturated rings. The van der Waals surface area contributed by atoms with Crippen LogP contribution in [-0.4, -0.2) is 32.6 Å². The van der Waals surface area contributed by atoms with Crippen molar-refractivity contribution in [2.75, 3.05) is 0 Å². The summed E-state index contributed by atoms with van der Waals surface area (Å²) in [6.07, 6.45) is -3.10. The van der Waals surface area contributed by atoms with Crippen LogP contribution in [0.4, 0.5) is 13.2 Å². The van der Waals surface area contributed by atoms with Gasteiger partial charge in [0.05, 0.1) is 17.0 Å². The maximum atomic E-state index is 13.2. The molecule has 1 aliphatic rings. The first-order valence-corrected chi connectivity index (χ1v) is 7.82. The van der Waals surface area contributed by atoms with E-state index in [1.807, 2.05) is 0 Å². The summed E-state index contributed by atoms with van der Waals surface area (Å²) in [6.45, 7) is -0.571. The van der Waals surface area contributed by atoms with E-state index < -0.39 is 42.4 Å². The summed E-state index contributed by atoms with van der Waals surface area (Å²) in [5.74, 6) is -3.52. The number of aromatic nitrogens is 2. The van der Waals surface area contributed by atoms with E-state index >= 15 is 0 Å². The van der Waals surface area contributed by atoms with Crippen LogP contribution in [0.5, 0.6) is 0 Å². The van der Waals surface area contributed by atoms with Gasteiger partial charge in [0.25, 0.3) is 0 Å². The summed E-state index contributed by atoms with van der Waals surface area (Å²) >= 11 is 0. The highest BCUT2D eigenvalue weighted by atomic mass is 19.4. The van der Waals surface area contributed by atoms with E-state index in [1.165, 1.54) is 12.1 Å². The van der Waals surface area contributed by atoms with Gasteiger partial charge in [-0.1, -0.05) is 18.6 Å². The Bertz CT molecular complexity index is 816. The smallest absolute Gasteiger partial charge is 0.449 e. The molecule has 0 saturated heterocycles. The topological polar surface area (TPSA) is 84.2 Å². The van der Waals surface area contributed by atoms with Gasteiger partial charge in [-0.25, -0.2) is 4.98 Å². The number of carbonyl (C=O) groups is 2. The number of nitrogens with zero attached hydrogens (tertiary/aromatic N) is 2. The number of halogens is 3. The van der Waals surface area contributed by atoms with Crippen LogP contribution in [0.15, 0.2) is 24.3 Å². The lowest BCUT2D eigenvalue weighted by Crippen LogP contribution is -2.42. The zero-order valence-electron chi connectivity index (χ0n) is 13.1. The van der Waals surface area contributed by atoms with E-state index in [2.05, 4.69) is 10.3 Å². The van der Waals surface area contributed by atoms with Crippen LogP contribution in [0.3, 0.4) is 0 Å². The number of carboxylic acids is 1. The highest BCUT2D eigenvalue weighted by Gasteiger charge is 2.38. The van der Waals surface area contributed by atoms with Gasteiger partial charge >= 0.3 is 12.1 Å². The van der Waals surface area contributed by atoms with Gasteiger partial charge in [-0.2, -0.15) is 13.2 Å². The Balaban J connectivity index is 1.85. The molecule has 25 heavy (non-hydrogen) atoms. The van der Waals surface area contributed by atoms with E-state index in [4.69, 9.17) is 5.11 Å². The number of carboxylic acid groups (broad SMARTS) is 1. The minimum absolute atomic E-state index is 0.145. The number of alkyl halides is 3. The van der Waals surface area contributed by atoms with Crippen LogP contribution in [0.25, 0.3) is 11.0 Å². The van der Waals surface area contributed by atoms with Crippen molar-refractivity contribution in [1.29, 1.82) is 0 Å². The number of carbonyl (C=O) groups excluding carboxylic acids is 1. The average Bonchev–Trinajstić information content (AvgIpc) is 3.12. The largest absolute Gasteiger partial charge is 0.481 e. The van der Waals surface area contributed by atoms with Gasteiger partial charge in [-0.15, -0.1) is 0 Å². The molecule has 1 saturated carbocycles. The van der Waals surface area contributed by atoms with Crippen LogP contribution in [0.2, 0.25) is 0 Å². The highest BCUT2D eigenvalue weighted by Crippen LogP contribution is 2.31. The number of imidazole rings is 1. The molecule has 1 aromatic carbocycles. The van der Waals surface area contributed by atoms with Crippen LogP contribution < -0.4 is 5.32 Å². The first-order valence-electron chi connectivity index (χ1n) is 7.82. The molecule has 2 atom stereocenters. The summed E-state index contributed by atoms with van der Waals surface area (Å²) in [6, 6.07) is 5.47. The van der Waals surface area contributed by atoms with Crippen LogP contribution >= 0.6 is 0 Å². The average molecular weight is 355 g/mol. The monoisotopic (exact) mass is 355 g/mol. The lowest BCUT2D eigenvalue weighted by Gasteiger charge is -2.18. The number of fused-ring (bicyclic) bond motifs is 1. The lowest BCUT2D eigenvalue weighted by molar-refractivity contribution is -0.147. The van der Waals surface area contributed by atoms with Crippen LogP contribution in [0.1, 0.15) is 25.1 Å². The molecule has 0 aliphatic heterocycles. The Kier molecular flexibility index (Phi) is 4.40. The molecule has 6 nitrogen and oxygen atoms in total. The van der Waals surface area contributed by atoms with Gasteiger partial charge < -0.3 is 15.0 Å². The molecule has 9 heteroatoms. The number of hydrogen-bond donors (Lipinski definition) is 2. The Morgan fingerprint density at radius 2 is 2.00 bits per heavy atom. The molecule has 1 aliphatic carbocycles. The fraction of sp³-hybridized carbons (Fsp3) is 0.438. The number of aliphatic carboxylic acids is 1. The molecule has 3 rings (SSSR count). The fourth-order valence-corrected chi connectivity index (χ4v) is 3.28. The van der Waals surface area contributed by atoms with Gasteiger partial charge in [0, 0.05) is 6.04 Å². The molecule has 0 bridgehead atoms. The standard InChI is InChI=1S/C16H16F3N3O3/c17-16(18,19)15-21-11-5-1-2-7-12(11)22(15)8-13(23)20-10-6-3-4-9(10)14(24)25/h1-2,5,7,9-10H,3-4,6,8H2,(H,20,23)(H,24,25)/t9-,10+/m1/s1. The molecular weight excluding hydrogens is 339 g/mol. The molecule has 1 heterocycles. The molecule has 134 valence electrons. The van der Waals surface area contributed by atoms with Crippen molar-refractivity contribution >= 4 is 22.9 Å². The molecule has 0 unspecified atom stereocenters. The Morgan fingerprint density at radius 1 is 1.28 bits per heavy atom. The number of amides is 1. The zero-order valence-corrected chi connectivity index (χ0v) is 13.1. The van der Waals surface area contributed by atoms with Crippen molar-refractivity contribution in [2.45, 2.75) is 38.0 Å². The van der Waals surface area contributed by atoms with Crippen LogP contribution in [0, 0.1) is 5.92 Å². The molecule has 0 radical (unpaired) electrons. The molecule has 2 aromatic rings. The van der Waals surface area contributed by atoms with Crippen LogP contribution in [-0.2, 0) is 22.3 Å². The molecule has 1 aromatic heterocycles. The van der Waals surface area contributed by atoms with Gasteiger partial charge in [0.15, 0.2) is 0 Å². The third-order valence-corrected chi connectivity index (χ3v) is 4.39. The summed E-state index contributed by atoms with van der Waals surface area (Å²) in [5.41, 5.74) is 0.345. The van der Waals surface area contributed by atoms with E-state index in [-0.39, 0.29) is 11.0 Å². The van der Waals surface area contributed by atoms with Gasteiger partial charge in [-0.3, -0.25) is 9.59 Å². The Labute approximate surface area is 140 Å². The quantitative estimate of drug-likeness (QED) is 0.882. The summed E-state index contributed by atoms with van der Waals surface area (Å²) in [5, 5.41) is 11.7. The van der Waals surface area contributed by atoms with E-state index in [0.29, 0.717) is 19.3 Å². The predicted molar refractivity (Wildman–Crippen MR) is 81.6 cm³/mol. The highest BCUT2D eigenvalue weighted by molar-refractivity contribution is 5.82. The fourth-order valence-electron chi connectivity index (χ4n) is 3.28. The van der Waals surface area contributed by atoms with Gasteiger partial charge in [0.2, 0.25) is 11.7 Å². The van der Waals surface area contributed by atoms with E-state index in [0.717, 1.165) is 4.57 Å². The van der Waals surface area contributed by atoms with E-state index in [9.17, 15) is 22.8 Å². The minimum atomic E-state index is -4.70. The van der Waals surface area contributed by atoms with Crippen molar-refractivity contribution in [3.8, 4) is 0 Å². The van der Waals surface area contributed by atoms with E-state index in [1.54, 1.807) is 12.1 Å². The second kappa shape index (κ2) is 6.38. The predicted octanol–water partition coefficient (Wildman–Crippen LogP) is 2.42. The number of nitrogens with one attached hydrogen (secondary N) is 1. The Hall–Kier alpha value is -2.58. The van der Waals surface area contributed by atoms with Crippen molar-refractivity contribution in [3.63, 3.8) is 0 Å². The summed E-state index contributed by atoms with van der Waals surface area (Å²) < 4.78 is 40.5. The third-order valence-electron chi connectivity index (χ3n) is 4.39. The zero-order chi connectivity index (χ0) is 18.2. The molecular formula is C16H16F3N3O3. The SMILES string of the molecule is O=C(Cn1c(C(F)(F)F)nc2ccccc21)N[C@H]1CCC[C@H]1C(=O)O. The minimum Gasteiger partial charge on any atom is -0.481 e. The van der Waals surface area contributed by atoms with Crippen molar-refractivity contribution in [3.05, 3.63) is 30.1 Å². The summed E-state index contributed by atoms with van der Waals surface area (Å²) in [7, 11) is 0. The summed E-state index contributed by atoms with van der Waals surface area (Å²) in [4.78, 5) is 27.0. The first-order chi connectivity index (χ1) is 11.8. The normalized spacial score (nSPS) is 20.8. The molecule has 1 amide bonds. The number of para-hydroxylation sites is 2. The number of rotatable bonds is 4. The second-order valence-electron chi connectivity index (χ2n) is 6.06. The number of benzene rings is 1. The molecule has 0 spiro atoms. The molecule has 2 N–H and O–H groups in total. The maximum Gasteiger partial charge on any atom is 0.449 e. The van der Waals surface area contributed by atoms with Gasteiger partial charge in [-0.05, 0) is 25.0 Å². The Morgan fingerprint density at radius 3 is 2.68 bits per heavy atom. The third kappa shape index (κ3) is 3.45. The second-order valence-corrected chi connectivity index (χ2v) is 6.06. The van der Waals surface area contributed by atoms with Crippen molar-refractivity contribution in [2.24, 2.45) is 5.92 Å².